The molecule has 1 aliphatic rings. The van der Waals surface area contributed by atoms with Crippen molar-refractivity contribution >= 4 is 5.69 Å². The molecule has 0 saturated heterocycles. The Labute approximate surface area is 107 Å². The minimum atomic E-state index is 0.932. The fourth-order valence-corrected chi connectivity index (χ4v) is 2.41. The molecule has 0 aliphatic carbocycles. The lowest BCUT2D eigenvalue weighted by Gasteiger charge is -2.24. The number of para-hydroxylation sites is 1. The quantitative estimate of drug-likeness (QED) is 0.885. The van der Waals surface area contributed by atoms with Crippen molar-refractivity contribution in [1.29, 1.82) is 0 Å². The van der Waals surface area contributed by atoms with E-state index in [4.69, 9.17) is 0 Å². The summed E-state index contributed by atoms with van der Waals surface area (Å²) in [4.78, 5) is 2.44. The standard InChI is InChI=1S/C14H18N4/c1-2-5-14-13(4-1)12-15-7-9-17(14)10-11-18-8-3-6-16-18/h1-6,8,15H,7,9-12H2. The van der Waals surface area contributed by atoms with Crippen molar-refractivity contribution in [3.63, 3.8) is 0 Å². The van der Waals surface area contributed by atoms with Crippen LogP contribution in [0.25, 0.3) is 0 Å². The highest BCUT2D eigenvalue weighted by Gasteiger charge is 2.13. The van der Waals surface area contributed by atoms with Crippen LogP contribution in [-0.2, 0) is 13.1 Å². The summed E-state index contributed by atoms with van der Waals surface area (Å²) in [6, 6.07) is 10.6. The SMILES string of the molecule is c1ccc2c(c1)CNCCN2CCn1cccn1. The average molecular weight is 242 g/mol. The van der Waals surface area contributed by atoms with Crippen LogP contribution < -0.4 is 10.2 Å². The molecule has 3 rings (SSSR count). The van der Waals surface area contributed by atoms with Crippen LogP contribution in [0.5, 0.6) is 0 Å². The van der Waals surface area contributed by atoms with Gasteiger partial charge in [0.2, 0.25) is 0 Å². The van der Waals surface area contributed by atoms with Crippen molar-refractivity contribution in [2.75, 3.05) is 24.5 Å². The molecular weight excluding hydrogens is 224 g/mol. The lowest BCUT2D eigenvalue weighted by Crippen LogP contribution is -2.31. The zero-order valence-electron chi connectivity index (χ0n) is 10.4. The van der Waals surface area contributed by atoms with E-state index in [2.05, 4.69) is 39.6 Å². The number of aromatic nitrogens is 2. The van der Waals surface area contributed by atoms with Gasteiger partial charge in [0.15, 0.2) is 0 Å². The molecule has 0 saturated carbocycles. The summed E-state index contributed by atoms with van der Waals surface area (Å²) in [7, 11) is 0. The first-order valence-corrected chi connectivity index (χ1v) is 6.44. The third-order valence-corrected chi connectivity index (χ3v) is 3.36. The molecule has 94 valence electrons. The second kappa shape index (κ2) is 5.23. The van der Waals surface area contributed by atoms with Gasteiger partial charge in [-0.15, -0.1) is 0 Å². The van der Waals surface area contributed by atoms with Crippen LogP contribution in [0.4, 0.5) is 5.69 Å². The topological polar surface area (TPSA) is 33.1 Å². The van der Waals surface area contributed by atoms with Gasteiger partial charge in [0.1, 0.15) is 0 Å². The van der Waals surface area contributed by atoms with Gasteiger partial charge >= 0.3 is 0 Å². The number of fused-ring (bicyclic) bond motifs is 1. The van der Waals surface area contributed by atoms with Crippen molar-refractivity contribution in [2.45, 2.75) is 13.1 Å². The predicted molar refractivity (Wildman–Crippen MR) is 72.6 cm³/mol. The fraction of sp³-hybridized carbons (Fsp3) is 0.357. The molecule has 0 radical (unpaired) electrons. The second-order valence-electron chi connectivity index (χ2n) is 4.56. The van der Waals surface area contributed by atoms with Crippen molar-refractivity contribution in [1.82, 2.24) is 15.1 Å². The van der Waals surface area contributed by atoms with Crippen LogP contribution in [-0.4, -0.2) is 29.4 Å². The molecule has 4 heteroatoms. The van der Waals surface area contributed by atoms with E-state index in [1.54, 1.807) is 0 Å². The Bertz CT molecular complexity index is 492. The normalized spacial score (nSPS) is 15.2. The van der Waals surface area contributed by atoms with Gasteiger partial charge in [-0.25, -0.2) is 0 Å². The molecule has 0 atom stereocenters. The zero-order chi connectivity index (χ0) is 12.2. The Morgan fingerprint density at radius 1 is 1.17 bits per heavy atom. The summed E-state index contributed by atoms with van der Waals surface area (Å²) in [5.41, 5.74) is 2.74. The number of hydrogen-bond acceptors (Lipinski definition) is 3. The van der Waals surface area contributed by atoms with Crippen molar-refractivity contribution < 1.29 is 0 Å². The van der Waals surface area contributed by atoms with E-state index in [-0.39, 0.29) is 0 Å². The smallest absolute Gasteiger partial charge is 0.0584 e. The highest BCUT2D eigenvalue weighted by Crippen LogP contribution is 2.21. The van der Waals surface area contributed by atoms with Crippen LogP contribution in [0.2, 0.25) is 0 Å². The lowest BCUT2D eigenvalue weighted by atomic mass is 10.1. The van der Waals surface area contributed by atoms with E-state index < -0.39 is 0 Å². The summed E-state index contributed by atoms with van der Waals surface area (Å²) in [5.74, 6) is 0. The number of rotatable bonds is 3. The summed E-state index contributed by atoms with van der Waals surface area (Å²) >= 11 is 0. The summed E-state index contributed by atoms with van der Waals surface area (Å²) < 4.78 is 1.99. The highest BCUT2D eigenvalue weighted by molar-refractivity contribution is 5.54. The monoisotopic (exact) mass is 242 g/mol. The fourth-order valence-electron chi connectivity index (χ4n) is 2.41. The number of anilines is 1. The number of nitrogens with zero attached hydrogens (tertiary/aromatic N) is 3. The second-order valence-corrected chi connectivity index (χ2v) is 4.56. The molecule has 4 nitrogen and oxygen atoms in total. The first kappa shape index (κ1) is 11.3. The van der Waals surface area contributed by atoms with Crippen LogP contribution in [0.15, 0.2) is 42.7 Å². The van der Waals surface area contributed by atoms with E-state index in [9.17, 15) is 0 Å². The van der Waals surface area contributed by atoms with E-state index in [1.165, 1.54) is 11.3 Å². The Morgan fingerprint density at radius 2 is 2.11 bits per heavy atom. The third kappa shape index (κ3) is 2.38. The van der Waals surface area contributed by atoms with Crippen LogP contribution in [0.1, 0.15) is 5.56 Å². The van der Waals surface area contributed by atoms with Crippen molar-refractivity contribution in [3.05, 3.63) is 48.3 Å². The maximum Gasteiger partial charge on any atom is 0.0584 e. The van der Waals surface area contributed by atoms with Crippen molar-refractivity contribution in [2.24, 2.45) is 0 Å². The summed E-state index contributed by atoms with van der Waals surface area (Å²) in [6.45, 7) is 4.99. The third-order valence-electron chi connectivity index (χ3n) is 3.36. The molecule has 1 aromatic carbocycles. The molecule has 0 bridgehead atoms. The molecule has 0 unspecified atom stereocenters. The number of nitrogens with one attached hydrogen (secondary N) is 1. The van der Waals surface area contributed by atoms with Gasteiger partial charge in [-0.1, -0.05) is 18.2 Å². The molecule has 1 aromatic heterocycles. The van der Waals surface area contributed by atoms with Crippen LogP contribution in [0.3, 0.4) is 0 Å². The van der Waals surface area contributed by atoms with Gasteiger partial charge in [-0.3, -0.25) is 4.68 Å². The Hall–Kier alpha value is -1.81. The predicted octanol–water partition coefficient (Wildman–Crippen LogP) is 1.49. The Balaban J connectivity index is 1.75. The largest absolute Gasteiger partial charge is 0.368 e. The molecule has 1 aliphatic heterocycles. The highest BCUT2D eigenvalue weighted by atomic mass is 15.3. The van der Waals surface area contributed by atoms with E-state index in [1.807, 2.05) is 23.1 Å². The van der Waals surface area contributed by atoms with Crippen LogP contribution in [0, 0.1) is 0 Å². The molecule has 1 N–H and O–H groups in total. The lowest BCUT2D eigenvalue weighted by molar-refractivity contribution is 0.590. The molecule has 0 amide bonds. The Kier molecular flexibility index (Phi) is 3.28. The minimum Gasteiger partial charge on any atom is -0.368 e. The van der Waals surface area contributed by atoms with Gasteiger partial charge in [0.25, 0.3) is 0 Å². The van der Waals surface area contributed by atoms with Gasteiger partial charge < -0.3 is 10.2 Å². The average Bonchev–Trinajstić information content (AvgIpc) is 2.84. The first-order valence-electron chi connectivity index (χ1n) is 6.44. The van der Waals surface area contributed by atoms with Gasteiger partial charge in [-0.2, -0.15) is 5.10 Å². The van der Waals surface area contributed by atoms with E-state index >= 15 is 0 Å². The number of hydrogen-bond donors (Lipinski definition) is 1. The summed E-state index contributed by atoms with van der Waals surface area (Å²) in [6.07, 6.45) is 3.85. The molecule has 0 fully saturated rings. The van der Waals surface area contributed by atoms with Gasteiger partial charge in [0.05, 0.1) is 6.54 Å². The minimum absolute atomic E-state index is 0.932. The molecule has 2 aromatic rings. The van der Waals surface area contributed by atoms with Crippen molar-refractivity contribution in [3.8, 4) is 0 Å². The summed E-state index contributed by atoms with van der Waals surface area (Å²) in [5, 5.41) is 7.72. The zero-order valence-corrected chi connectivity index (χ0v) is 10.4. The van der Waals surface area contributed by atoms with Gasteiger partial charge in [-0.05, 0) is 17.7 Å². The molecule has 2 heterocycles. The molecular formula is C14H18N4. The number of benzene rings is 1. The maximum atomic E-state index is 4.25. The van der Waals surface area contributed by atoms with E-state index in [0.29, 0.717) is 0 Å². The maximum absolute atomic E-state index is 4.25. The van der Waals surface area contributed by atoms with Gasteiger partial charge in [0, 0.05) is 44.3 Å². The van der Waals surface area contributed by atoms with E-state index in [0.717, 1.165) is 32.7 Å². The Morgan fingerprint density at radius 3 is 3.00 bits per heavy atom. The van der Waals surface area contributed by atoms with Crippen LogP contribution >= 0.6 is 0 Å². The molecule has 18 heavy (non-hydrogen) atoms. The first-order chi connectivity index (χ1) is 8.93. The molecule has 0 spiro atoms.